The molecule has 2 aromatic carbocycles. The van der Waals surface area contributed by atoms with Gasteiger partial charge in [0.25, 0.3) is 0 Å². The minimum Gasteiger partial charge on any atom is -0.480 e. The molecule has 3 nitrogen and oxygen atoms in total. The Labute approximate surface area is 142 Å². The number of rotatable bonds is 3. The van der Waals surface area contributed by atoms with Crippen molar-refractivity contribution >= 4 is 33.6 Å². The van der Waals surface area contributed by atoms with Gasteiger partial charge in [-0.2, -0.15) is 0 Å². The van der Waals surface area contributed by atoms with Crippen LogP contribution in [0.4, 0.5) is 0 Å². The Morgan fingerprint density at radius 3 is 2.35 bits per heavy atom. The lowest BCUT2D eigenvalue weighted by atomic mass is 10.1. The van der Waals surface area contributed by atoms with Gasteiger partial charge in [-0.15, -0.1) is 6.42 Å². The molecule has 0 N–H and O–H groups in total. The van der Waals surface area contributed by atoms with Gasteiger partial charge in [0, 0.05) is 21.2 Å². The van der Waals surface area contributed by atoms with Gasteiger partial charge in [-0.05, 0) is 24.3 Å². The van der Waals surface area contributed by atoms with E-state index in [2.05, 4.69) is 21.9 Å². The van der Waals surface area contributed by atoms with Gasteiger partial charge in [-0.3, -0.25) is 9.59 Å². The molecule has 0 fully saturated rings. The summed E-state index contributed by atoms with van der Waals surface area (Å²) in [4.78, 5) is 24.9. The number of terminal acetylenes is 1. The second-order valence-corrected chi connectivity index (χ2v) is 5.85. The van der Waals surface area contributed by atoms with E-state index in [1.807, 2.05) is 0 Å². The average Bonchev–Trinajstić information content (AvgIpc) is 2.80. The Hall–Kier alpha value is -2.64. The van der Waals surface area contributed by atoms with Crippen LogP contribution in [0.15, 0.2) is 52.5 Å². The van der Waals surface area contributed by atoms with E-state index in [9.17, 15) is 9.59 Å². The summed E-state index contributed by atoms with van der Waals surface area (Å²) in [6.45, 7) is 0.111. The SMILES string of the molecule is C#CCOc1ccc(Br)cc1C=C1C(=O)c2ccccc2C1=O. The third kappa shape index (κ3) is 2.84. The fourth-order valence-corrected chi connectivity index (χ4v) is 2.82. The normalized spacial score (nSPS) is 12.8. The Morgan fingerprint density at radius 1 is 1.09 bits per heavy atom. The van der Waals surface area contributed by atoms with Crippen molar-refractivity contribution in [3.63, 3.8) is 0 Å². The van der Waals surface area contributed by atoms with Crippen LogP contribution < -0.4 is 4.74 Å². The number of allylic oxidation sites excluding steroid dienone is 1. The number of Topliss-reactive ketones (excluding diaryl/α,β-unsaturated/α-hetero) is 2. The maximum Gasteiger partial charge on any atom is 0.197 e. The van der Waals surface area contributed by atoms with Crippen molar-refractivity contribution in [2.45, 2.75) is 0 Å². The molecule has 4 heteroatoms. The molecule has 0 unspecified atom stereocenters. The molecule has 0 bridgehead atoms. The van der Waals surface area contributed by atoms with Crippen molar-refractivity contribution in [3.8, 4) is 18.1 Å². The van der Waals surface area contributed by atoms with Gasteiger partial charge in [0.2, 0.25) is 0 Å². The third-order valence-corrected chi connectivity index (χ3v) is 3.98. The number of halogens is 1. The van der Waals surface area contributed by atoms with Crippen molar-refractivity contribution < 1.29 is 14.3 Å². The number of fused-ring (bicyclic) bond motifs is 1. The van der Waals surface area contributed by atoms with Crippen LogP contribution in [0.3, 0.4) is 0 Å². The molecule has 112 valence electrons. The number of ether oxygens (including phenoxy) is 1. The number of hydrogen-bond acceptors (Lipinski definition) is 3. The molecule has 0 heterocycles. The smallest absolute Gasteiger partial charge is 0.197 e. The lowest BCUT2D eigenvalue weighted by Gasteiger charge is -2.07. The van der Waals surface area contributed by atoms with Crippen molar-refractivity contribution in [3.05, 3.63) is 69.2 Å². The highest BCUT2D eigenvalue weighted by molar-refractivity contribution is 9.10. The lowest BCUT2D eigenvalue weighted by Crippen LogP contribution is -2.01. The van der Waals surface area contributed by atoms with Crippen LogP contribution in [0.1, 0.15) is 26.3 Å². The van der Waals surface area contributed by atoms with Gasteiger partial charge in [-0.1, -0.05) is 46.1 Å². The van der Waals surface area contributed by atoms with E-state index in [-0.39, 0.29) is 23.7 Å². The first-order valence-electron chi connectivity index (χ1n) is 6.87. The molecule has 0 atom stereocenters. The van der Waals surface area contributed by atoms with E-state index >= 15 is 0 Å². The molecule has 0 aliphatic heterocycles. The standard InChI is InChI=1S/C19H11BrO3/c1-2-9-23-17-8-7-13(20)10-12(17)11-16-18(21)14-5-3-4-6-15(14)19(16)22/h1,3-8,10-11H,9H2. The second-order valence-electron chi connectivity index (χ2n) is 4.94. The maximum atomic E-state index is 12.4. The summed E-state index contributed by atoms with van der Waals surface area (Å²) >= 11 is 3.38. The third-order valence-electron chi connectivity index (χ3n) is 3.49. The zero-order chi connectivity index (χ0) is 16.4. The molecule has 0 amide bonds. The summed E-state index contributed by atoms with van der Waals surface area (Å²) in [5, 5.41) is 0. The Bertz CT molecular complexity index is 851. The molecule has 23 heavy (non-hydrogen) atoms. The molecule has 3 rings (SSSR count). The van der Waals surface area contributed by atoms with Gasteiger partial charge in [-0.25, -0.2) is 0 Å². The molecule has 0 saturated carbocycles. The highest BCUT2D eigenvalue weighted by atomic mass is 79.9. The molecular weight excluding hydrogens is 356 g/mol. The molecule has 0 radical (unpaired) electrons. The predicted octanol–water partition coefficient (Wildman–Crippen LogP) is 3.92. The van der Waals surface area contributed by atoms with Crippen molar-refractivity contribution in [1.29, 1.82) is 0 Å². The number of benzene rings is 2. The van der Waals surface area contributed by atoms with Crippen molar-refractivity contribution in [2.24, 2.45) is 0 Å². The van der Waals surface area contributed by atoms with Crippen molar-refractivity contribution in [1.82, 2.24) is 0 Å². The highest BCUT2D eigenvalue weighted by Gasteiger charge is 2.32. The molecule has 1 aliphatic carbocycles. The van der Waals surface area contributed by atoms with E-state index in [1.165, 1.54) is 0 Å². The Balaban J connectivity index is 2.07. The summed E-state index contributed by atoms with van der Waals surface area (Å²) in [5.41, 5.74) is 1.63. The average molecular weight is 367 g/mol. The summed E-state index contributed by atoms with van der Waals surface area (Å²) in [6.07, 6.45) is 6.77. The monoisotopic (exact) mass is 366 g/mol. The first-order valence-corrected chi connectivity index (χ1v) is 7.67. The number of ketones is 2. The quantitative estimate of drug-likeness (QED) is 0.469. The minimum atomic E-state index is -0.270. The van der Waals surface area contributed by atoms with Gasteiger partial charge in [0.05, 0.1) is 5.57 Å². The fraction of sp³-hybridized carbons (Fsp3) is 0.0526. The van der Waals surface area contributed by atoms with Crippen LogP contribution in [0.2, 0.25) is 0 Å². The summed E-state index contributed by atoms with van der Waals surface area (Å²) in [5.74, 6) is 2.38. The van der Waals surface area contributed by atoms with Crippen LogP contribution in [-0.2, 0) is 0 Å². The maximum absolute atomic E-state index is 12.4. The zero-order valence-electron chi connectivity index (χ0n) is 12.0. The summed E-state index contributed by atoms with van der Waals surface area (Å²) < 4.78 is 6.29. The largest absolute Gasteiger partial charge is 0.480 e. The van der Waals surface area contributed by atoms with Crippen molar-refractivity contribution in [2.75, 3.05) is 6.61 Å². The van der Waals surface area contributed by atoms with E-state index < -0.39 is 0 Å². The zero-order valence-corrected chi connectivity index (χ0v) is 13.6. The van der Waals surface area contributed by atoms with Gasteiger partial charge in [0.1, 0.15) is 12.4 Å². The predicted molar refractivity (Wildman–Crippen MR) is 91.6 cm³/mol. The minimum absolute atomic E-state index is 0.111. The van der Waals surface area contributed by atoms with Crippen LogP contribution in [0.5, 0.6) is 5.75 Å². The molecule has 0 saturated heterocycles. The molecule has 0 spiro atoms. The Kier molecular flexibility index (Phi) is 4.14. The van der Waals surface area contributed by atoms with Crippen LogP contribution in [0, 0.1) is 12.3 Å². The molecule has 1 aliphatic rings. The lowest BCUT2D eigenvalue weighted by molar-refractivity contribution is 0.0990. The van der Waals surface area contributed by atoms with Gasteiger partial charge in [0.15, 0.2) is 11.6 Å². The number of carbonyl (C=O) groups excluding carboxylic acids is 2. The first-order chi connectivity index (χ1) is 11.1. The van der Waals surface area contributed by atoms with Crippen LogP contribution in [0.25, 0.3) is 6.08 Å². The van der Waals surface area contributed by atoms with E-state index in [0.717, 1.165) is 4.47 Å². The molecule has 0 aromatic heterocycles. The Morgan fingerprint density at radius 2 is 1.74 bits per heavy atom. The van der Waals surface area contributed by atoms with Crippen LogP contribution in [-0.4, -0.2) is 18.2 Å². The topological polar surface area (TPSA) is 43.4 Å². The van der Waals surface area contributed by atoms with E-state index in [1.54, 1.807) is 48.5 Å². The number of carbonyl (C=O) groups is 2. The fourth-order valence-electron chi connectivity index (χ4n) is 2.44. The van der Waals surface area contributed by atoms with Crippen LogP contribution >= 0.6 is 15.9 Å². The van der Waals surface area contributed by atoms with E-state index in [4.69, 9.17) is 11.2 Å². The van der Waals surface area contributed by atoms with Gasteiger partial charge < -0.3 is 4.74 Å². The highest BCUT2D eigenvalue weighted by Crippen LogP contribution is 2.31. The molecular formula is C19H11BrO3. The van der Waals surface area contributed by atoms with Gasteiger partial charge >= 0.3 is 0 Å². The van der Waals surface area contributed by atoms with E-state index in [0.29, 0.717) is 22.4 Å². The molecule has 2 aromatic rings. The summed E-state index contributed by atoms with van der Waals surface area (Å²) in [7, 11) is 0. The number of hydrogen-bond donors (Lipinski definition) is 0. The summed E-state index contributed by atoms with van der Waals surface area (Å²) in [6, 6.07) is 12.1. The first kappa shape index (κ1) is 15.3. The second kappa shape index (κ2) is 6.23.